The van der Waals surface area contributed by atoms with Crippen LogP contribution in [-0.2, 0) is 4.79 Å². The monoisotopic (exact) mass is 461 g/mol. The normalized spacial score (nSPS) is 18.2. The predicted molar refractivity (Wildman–Crippen MR) is 119 cm³/mol. The van der Waals surface area contributed by atoms with Crippen LogP contribution in [0.3, 0.4) is 0 Å². The molecule has 0 spiro atoms. The first kappa shape index (κ1) is 16.9. The summed E-state index contributed by atoms with van der Waals surface area (Å²) >= 11 is 5.05. The van der Waals surface area contributed by atoms with Crippen LogP contribution < -0.4 is 10.1 Å². The second-order valence-corrected chi connectivity index (χ2v) is 8.61. The molecule has 0 fully saturated rings. The third kappa shape index (κ3) is 2.54. The van der Waals surface area contributed by atoms with Gasteiger partial charge in [0.1, 0.15) is 11.5 Å². The molecule has 1 atom stereocenters. The lowest BCUT2D eigenvalue weighted by Gasteiger charge is -2.22. The highest BCUT2D eigenvalue weighted by Gasteiger charge is 2.31. The maximum absolute atomic E-state index is 12.4. The van der Waals surface area contributed by atoms with Crippen molar-refractivity contribution >= 4 is 60.5 Å². The van der Waals surface area contributed by atoms with E-state index in [1.165, 1.54) is 11.3 Å². The molecule has 29 heavy (non-hydrogen) atoms. The lowest BCUT2D eigenvalue weighted by molar-refractivity contribution is -0.110. The molecule has 1 amide bonds. The number of aromatic nitrogens is 1. The van der Waals surface area contributed by atoms with Gasteiger partial charge in [-0.15, -0.1) is 0 Å². The number of halogens is 1. The number of aliphatic imine (C=N–C) groups is 1. The van der Waals surface area contributed by atoms with E-state index < -0.39 is 0 Å². The zero-order chi connectivity index (χ0) is 19.5. The van der Waals surface area contributed by atoms with Gasteiger partial charge in [0.25, 0.3) is 5.91 Å². The Hall–Kier alpha value is -3.03. The van der Waals surface area contributed by atoms with Gasteiger partial charge in [0, 0.05) is 16.5 Å². The number of rotatable bonds is 1. The van der Waals surface area contributed by atoms with Crippen molar-refractivity contribution in [3.05, 3.63) is 71.1 Å². The SMILES string of the molecule is O=C1Nc2ccccc2/C1=N/c1nc2c(s1)C(Br)Oc1c-2ccc2ccccc12. The van der Waals surface area contributed by atoms with Crippen molar-refractivity contribution in [3.8, 4) is 17.0 Å². The van der Waals surface area contributed by atoms with E-state index in [-0.39, 0.29) is 10.9 Å². The van der Waals surface area contributed by atoms with Gasteiger partial charge in [0.2, 0.25) is 5.13 Å². The van der Waals surface area contributed by atoms with Gasteiger partial charge in [0.15, 0.2) is 5.01 Å². The number of hydrogen-bond donors (Lipinski definition) is 1. The fourth-order valence-electron chi connectivity index (χ4n) is 3.74. The molecule has 4 aromatic rings. The summed E-state index contributed by atoms with van der Waals surface area (Å²) in [4.78, 5) is 22.7. The van der Waals surface area contributed by atoms with Crippen LogP contribution in [0, 0.1) is 0 Å². The number of hydrogen-bond acceptors (Lipinski definition) is 5. The highest BCUT2D eigenvalue weighted by Crippen LogP contribution is 2.50. The molecule has 0 bridgehead atoms. The number of nitrogens with zero attached hydrogens (tertiary/aromatic N) is 2. The summed E-state index contributed by atoms with van der Waals surface area (Å²) < 4.78 is 6.19. The number of nitrogens with one attached hydrogen (secondary N) is 1. The highest BCUT2D eigenvalue weighted by atomic mass is 79.9. The zero-order valence-corrected chi connectivity index (χ0v) is 17.3. The smallest absolute Gasteiger partial charge is 0.275 e. The van der Waals surface area contributed by atoms with Gasteiger partial charge in [0.05, 0.1) is 16.3 Å². The molecule has 0 aliphatic carbocycles. The molecular weight excluding hydrogens is 450 g/mol. The average molecular weight is 462 g/mol. The van der Waals surface area contributed by atoms with Gasteiger partial charge in [-0.25, -0.2) is 9.98 Å². The summed E-state index contributed by atoms with van der Waals surface area (Å²) in [5.74, 6) is 0.600. The van der Waals surface area contributed by atoms with Crippen LogP contribution in [0.15, 0.2) is 65.7 Å². The van der Waals surface area contributed by atoms with Crippen molar-refractivity contribution in [2.24, 2.45) is 4.99 Å². The fourth-order valence-corrected chi connectivity index (χ4v) is 5.29. The third-order valence-corrected chi connectivity index (χ3v) is 7.00. The molecule has 1 unspecified atom stereocenters. The molecule has 3 heterocycles. The predicted octanol–water partition coefficient (Wildman–Crippen LogP) is 5.82. The van der Waals surface area contributed by atoms with Crippen molar-refractivity contribution in [1.82, 2.24) is 4.98 Å². The van der Waals surface area contributed by atoms with Gasteiger partial charge < -0.3 is 10.1 Å². The summed E-state index contributed by atoms with van der Waals surface area (Å²) in [6.07, 6.45) is 0. The maximum atomic E-state index is 12.4. The van der Waals surface area contributed by atoms with E-state index in [1.807, 2.05) is 48.5 Å². The van der Waals surface area contributed by atoms with Gasteiger partial charge in [-0.3, -0.25) is 4.79 Å². The Balaban J connectivity index is 1.51. The molecule has 0 radical (unpaired) electrons. The summed E-state index contributed by atoms with van der Waals surface area (Å²) in [6, 6.07) is 19.8. The Morgan fingerprint density at radius 2 is 1.86 bits per heavy atom. The Morgan fingerprint density at radius 1 is 1.03 bits per heavy atom. The van der Waals surface area contributed by atoms with Crippen LogP contribution in [0.2, 0.25) is 0 Å². The lowest BCUT2D eigenvalue weighted by Crippen LogP contribution is -2.13. The quantitative estimate of drug-likeness (QED) is 0.363. The molecule has 1 N–H and O–H groups in total. The van der Waals surface area contributed by atoms with Crippen LogP contribution in [0.25, 0.3) is 22.0 Å². The Kier molecular flexibility index (Phi) is 3.63. The number of carbonyl (C=O) groups excluding carboxylic acids is 1. The molecule has 2 aliphatic rings. The van der Waals surface area contributed by atoms with E-state index in [0.717, 1.165) is 43.9 Å². The number of anilines is 1. The standard InChI is InChI=1S/C22H12BrN3O2S/c23-20-19-16(14-10-9-11-5-1-2-6-12(11)18(14)28-20)25-22(29-19)26-17-13-7-3-4-8-15(13)24-21(17)27/h1-10,20H,(H,24,25,26,27). The van der Waals surface area contributed by atoms with Crippen LogP contribution >= 0.6 is 27.3 Å². The molecule has 140 valence electrons. The number of carbonyl (C=O) groups is 1. The summed E-state index contributed by atoms with van der Waals surface area (Å²) in [7, 11) is 0. The van der Waals surface area contributed by atoms with E-state index in [4.69, 9.17) is 9.72 Å². The number of fused-ring (bicyclic) bond motifs is 6. The van der Waals surface area contributed by atoms with E-state index in [0.29, 0.717) is 10.8 Å². The summed E-state index contributed by atoms with van der Waals surface area (Å²) in [5.41, 5.74) is 3.74. The van der Waals surface area contributed by atoms with Gasteiger partial charge in [-0.2, -0.15) is 0 Å². The first-order valence-corrected chi connectivity index (χ1v) is 10.8. The van der Waals surface area contributed by atoms with Crippen molar-refractivity contribution in [2.75, 3.05) is 5.32 Å². The molecular formula is C22H12BrN3O2S. The zero-order valence-electron chi connectivity index (χ0n) is 14.8. The van der Waals surface area contributed by atoms with E-state index >= 15 is 0 Å². The molecule has 5 nitrogen and oxygen atoms in total. The lowest BCUT2D eigenvalue weighted by atomic mass is 10.0. The molecule has 0 saturated carbocycles. The fraction of sp³-hybridized carbons (Fsp3) is 0.0455. The molecule has 3 aromatic carbocycles. The van der Waals surface area contributed by atoms with Crippen molar-refractivity contribution in [1.29, 1.82) is 0 Å². The molecule has 1 aromatic heterocycles. The Morgan fingerprint density at radius 3 is 2.79 bits per heavy atom. The summed E-state index contributed by atoms with van der Waals surface area (Å²) in [6.45, 7) is 0. The number of amides is 1. The maximum Gasteiger partial charge on any atom is 0.275 e. The van der Waals surface area contributed by atoms with Crippen LogP contribution in [0.4, 0.5) is 10.8 Å². The Bertz CT molecular complexity index is 1360. The Labute approximate surface area is 178 Å². The summed E-state index contributed by atoms with van der Waals surface area (Å²) in [5, 5.41) is 5.23. The minimum atomic E-state index is -0.313. The van der Waals surface area contributed by atoms with Gasteiger partial charge in [-0.1, -0.05) is 59.9 Å². The van der Waals surface area contributed by atoms with Crippen molar-refractivity contribution < 1.29 is 9.53 Å². The molecule has 7 heteroatoms. The highest BCUT2D eigenvalue weighted by molar-refractivity contribution is 9.09. The first-order chi connectivity index (χ1) is 14.2. The van der Waals surface area contributed by atoms with Crippen molar-refractivity contribution in [2.45, 2.75) is 5.01 Å². The number of para-hydroxylation sites is 1. The second-order valence-electron chi connectivity index (χ2n) is 6.77. The number of benzene rings is 3. The minimum absolute atomic E-state index is 0.211. The third-order valence-electron chi connectivity index (χ3n) is 5.06. The number of ether oxygens (including phenoxy) is 1. The second kappa shape index (κ2) is 6.23. The molecule has 0 saturated heterocycles. The minimum Gasteiger partial charge on any atom is -0.472 e. The molecule has 2 aliphatic heterocycles. The van der Waals surface area contributed by atoms with E-state index in [2.05, 4.69) is 38.4 Å². The number of alkyl halides is 1. The van der Waals surface area contributed by atoms with Gasteiger partial charge in [-0.05, 0) is 33.4 Å². The largest absolute Gasteiger partial charge is 0.472 e. The molecule has 6 rings (SSSR count). The van der Waals surface area contributed by atoms with Crippen LogP contribution in [0.5, 0.6) is 5.75 Å². The topological polar surface area (TPSA) is 63.6 Å². The first-order valence-electron chi connectivity index (χ1n) is 9.02. The number of thiazole rings is 1. The average Bonchev–Trinajstić information content (AvgIpc) is 3.30. The van der Waals surface area contributed by atoms with E-state index in [1.54, 1.807) is 0 Å². The van der Waals surface area contributed by atoms with Gasteiger partial charge >= 0.3 is 0 Å². The van der Waals surface area contributed by atoms with Crippen molar-refractivity contribution in [3.63, 3.8) is 0 Å². The van der Waals surface area contributed by atoms with Crippen LogP contribution in [0.1, 0.15) is 15.5 Å². The van der Waals surface area contributed by atoms with E-state index in [9.17, 15) is 4.79 Å². The van der Waals surface area contributed by atoms with Crippen LogP contribution in [-0.4, -0.2) is 16.6 Å².